The molecule has 106 valence electrons. The average molecular weight is 277 g/mol. The molecule has 0 bridgehead atoms. The zero-order valence-electron chi connectivity index (χ0n) is 11.1. The molecule has 20 heavy (non-hydrogen) atoms. The lowest BCUT2D eigenvalue weighted by atomic mass is 10.2. The van der Waals surface area contributed by atoms with Gasteiger partial charge in [0.2, 0.25) is 11.8 Å². The number of imide groups is 1. The van der Waals surface area contributed by atoms with E-state index >= 15 is 0 Å². The van der Waals surface area contributed by atoms with Crippen LogP contribution in [0.5, 0.6) is 5.75 Å². The highest BCUT2D eigenvalue weighted by Crippen LogP contribution is 2.14. The number of methoxy groups -OCH3 is 1. The fourth-order valence-electron chi connectivity index (χ4n) is 1.93. The highest BCUT2D eigenvalue weighted by molar-refractivity contribution is 6.01. The first-order valence-electron chi connectivity index (χ1n) is 6.26. The summed E-state index contributed by atoms with van der Waals surface area (Å²) in [5.41, 5.74) is 0.435. The van der Waals surface area contributed by atoms with E-state index in [2.05, 4.69) is 4.74 Å². The van der Waals surface area contributed by atoms with Crippen LogP contribution in [0.2, 0.25) is 0 Å². The lowest BCUT2D eigenvalue weighted by molar-refractivity contribution is -0.138. The van der Waals surface area contributed by atoms with Gasteiger partial charge in [-0.15, -0.1) is 0 Å². The van der Waals surface area contributed by atoms with Crippen molar-refractivity contribution in [1.29, 1.82) is 0 Å². The summed E-state index contributed by atoms with van der Waals surface area (Å²) in [6.45, 7) is 0.478. The van der Waals surface area contributed by atoms with E-state index in [9.17, 15) is 14.4 Å². The molecule has 0 saturated carbocycles. The van der Waals surface area contributed by atoms with Gasteiger partial charge in [0.25, 0.3) is 0 Å². The summed E-state index contributed by atoms with van der Waals surface area (Å²) in [4.78, 5) is 35.2. The normalized spacial score (nSPS) is 14.6. The summed E-state index contributed by atoms with van der Waals surface area (Å²) in [5, 5.41) is 0. The number of ether oxygens (including phenoxy) is 2. The molecule has 6 heteroatoms. The van der Waals surface area contributed by atoms with E-state index in [1.54, 1.807) is 24.3 Å². The number of hydrogen-bond donors (Lipinski definition) is 0. The van der Waals surface area contributed by atoms with Gasteiger partial charge in [0.05, 0.1) is 19.2 Å². The summed E-state index contributed by atoms with van der Waals surface area (Å²) in [7, 11) is 1.32. The molecule has 0 unspecified atom stereocenters. The molecule has 0 aliphatic carbocycles. The van der Waals surface area contributed by atoms with Gasteiger partial charge in [-0.3, -0.25) is 14.5 Å². The van der Waals surface area contributed by atoms with E-state index in [0.717, 1.165) is 0 Å². The van der Waals surface area contributed by atoms with Crippen molar-refractivity contribution in [2.24, 2.45) is 0 Å². The Morgan fingerprint density at radius 3 is 2.30 bits per heavy atom. The minimum Gasteiger partial charge on any atom is -0.492 e. The van der Waals surface area contributed by atoms with Crippen molar-refractivity contribution in [3.63, 3.8) is 0 Å². The minimum absolute atomic E-state index is 0.153. The van der Waals surface area contributed by atoms with Gasteiger partial charge < -0.3 is 9.47 Å². The first kappa shape index (κ1) is 14.0. The lowest BCUT2D eigenvalue weighted by Gasteiger charge is -2.14. The van der Waals surface area contributed by atoms with Gasteiger partial charge in [-0.25, -0.2) is 4.79 Å². The molecule has 2 amide bonds. The van der Waals surface area contributed by atoms with Gasteiger partial charge in [0, 0.05) is 12.8 Å². The second-order valence-corrected chi connectivity index (χ2v) is 4.30. The van der Waals surface area contributed by atoms with Crippen LogP contribution in [-0.2, 0) is 14.3 Å². The Morgan fingerprint density at radius 1 is 1.15 bits per heavy atom. The van der Waals surface area contributed by atoms with Crippen molar-refractivity contribution in [3.05, 3.63) is 29.8 Å². The van der Waals surface area contributed by atoms with Crippen LogP contribution in [0.3, 0.4) is 0 Å². The largest absolute Gasteiger partial charge is 0.492 e. The van der Waals surface area contributed by atoms with Gasteiger partial charge in [-0.2, -0.15) is 0 Å². The maximum absolute atomic E-state index is 11.4. The summed E-state index contributed by atoms with van der Waals surface area (Å²) < 4.78 is 10.0. The molecule has 0 aromatic heterocycles. The van der Waals surface area contributed by atoms with Crippen molar-refractivity contribution < 1.29 is 23.9 Å². The molecule has 2 rings (SSSR count). The van der Waals surface area contributed by atoms with Crippen LogP contribution in [0.4, 0.5) is 0 Å². The summed E-state index contributed by atoms with van der Waals surface area (Å²) >= 11 is 0. The molecule has 1 aromatic carbocycles. The number of benzene rings is 1. The van der Waals surface area contributed by atoms with Gasteiger partial charge in [0.15, 0.2) is 0 Å². The number of amides is 2. The van der Waals surface area contributed by atoms with E-state index in [1.165, 1.54) is 12.0 Å². The highest BCUT2D eigenvalue weighted by Gasteiger charge is 2.28. The van der Waals surface area contributed by atoms with Gasteiger partial charge in [-0.05, 0) is 24.3 Å². The number of rotatable bonds is 5. The maximum atomic E-state index is 11.4. The first-order chi connectivity index (χ1) is 9.61. The Morgan fingerprint density at radius 2 is 1.75 bits per heavy atom. The number of likely N-dealkylation sites (tertiary alicyclic amines) is 1. The predicted molar refractivity (Wildman–Crippen MR) is 69.2 cm³/mol. The standard InChI is InChI=1S/C14H15NO5/c1-19-14(18)10-2-4-11(5-3-10)20-9-8-15-12(16)6-7-13(15)17/h2-5H,6-9H2,1H3. The van der Waals surface area contributed by atoms with Crippen molar-refractivity contribution in [2.75, 3.05) is 20.3 Å². The maximum Gasteiger partial charge on any atom is 0.337 e. The Balaban J connectivity index is 1.84. The van der Waals surface area contributed by atoms with Crippen LogP contribution < -0.4 is 4.74 Å². The SMILES string of the molecule is COC(=O)c1ccc(OCCN2C(=O)CCC2=O)cc1. The molecule has 1 fully saturated rings. The molecule has 6 nitrogen and oxygen atoms in total. The van der Waals surface area contributed by atoms with Gasteiger partial charge >= 0.3 is 5.97 Å². The molecule has 0 radical (unpaired) electrons. The Bertz CT molecular complexity index is 507. The summed E-state index contributed by atoms with van der Waals surface area (Å²) in [6.07, 6.45) is 0.569. The van der Waals surface area contributed by atoms with E-state index in [4.69, 9.17) is 4.74 Å². The van der Waals surface area contributed by atoms with E-state index in [-0.39, 0.29) is 37.8 Å². The third-order valence-electron chi connectivity index (χ3n) is 3.01. The first-order valence-corrected chi connectivity index (χ1v) is 6.26. The van der Waals surface area contributed by atoms with Crippen molar-refractivity contribution in [2.45, 2.75) is 12.8 Å². The van der Waals surface area contributed by atoms with Crippen LogP contribution in [0, 0.1) is 0 Å². The topological polar surface area (TPSA) is 72.9 Å². The lowest BCUT2D eigenvalue weighted by Crippen LogP contribution is -2.33. The number of nitrogens with zero attached hydrogens (tertiary/aromatic N) is 1. The molecule has 1 heterocycles. The predicted octanol–water partition coefficient (Wildman–Crippen LogP) is 1.00. The quantitative estimate of drug-likeness (QED) is 0.593. The fourth-order valence-corrected chi connectivity index (χ4v) is 1.93. The Kier molecular flexibility index (Phi) is 4.34. The summed E-state index contributed by atoms with van der Waals surface area (Å²) in [6, 6.07) is 6.46. The van der Waals surface area contributed by atoms with Gasteiger partial charge in [0.1, 0.15) is 12.4 Å². The molecule has 1 aliphatic rings. The van der Waals surface area contributed by atoms with Crippen LogP contribution in [0.1, 0.15) is 23.2 Å². The van der Waals surface area contributed by atoms with E-state index in [1.807, 2.05) is 0 Å². The molecule has 1 saturated heterocycles. The van der Waals surface area contributed by atoms with E-state index in [0.29, 0.717) is 11.3 Å². The van der Waals surface area contributed by atoms with E-state index < -0.39 is 5.97 Å². The van der Waals surface area contributed by atoms with Crippen LogP contribution in [-0.4, -0.2) is 42.9 Å². The van der Waals surface area contributed by atoms with Crippen molar-refractivity contribution in [3.8, 4) is 5.75 Å². The number of esters is 1. The highest BCUT2D eigenvalue weighted by atomic mass is 16.5. The van der Waals surface area contributed by atoms with Crippen LogP contribution >= 0.6 is 0 Å². The molecule has 0 N–H and O–H groups in total. The van der Waals surface area contributed by atoms with Crippen LogP contribution in [0.15, 0.2) is 24.3 Å². The molecule has 0 atom stereocenters. The summed E-state index contributed by atoms with van der Waals surface area (Å²) in [5.74, 6) is -0.152. The Labute approximate surface area is 116 Å². The Hall–Kier alpha value is -2.37. The second-order valence-electron chi connectivity index (χ2n) is 4.30. The number of carbonyl (C=O) groups is 3. The average Bonchev–Trinajstić information content (AvgIpc) is 2.79. The zero-order valence-corrected chi connectivity index (χ0v) is 11.1. The van der Waals surface area contributed by atoms with Crippen molar-refractivity contribution >= 4 is 17.8 Å². The zero-order chi connectivity index (χ0) is 14.5. The molecule has 1 aromatic rings. The third-order valence-corrected chi connectivity index (χ3v) is 3.01. The molecule has 0 spiro atoms. The number of hydrogen-bond acceptors (Lipinski definition) is 5. The second kappa shape index (κ2) is 6.18. The van der Waals surface area contributed by atoms with Crippen molar-refractivity contribution in [1.82, 2.24) is 4.90 Å². The molecular weight excluding hydrogens is 262 g/mol. The number of carbonyl (C=O) groups excluding carboxylic acids is 3. The van der Waals surface area contributed by atoms with Crippen LogP contribution in [0.25, 0.3) is 0 Å². The monoisotopic (exact) mass is 277 g/mol. The molecule has 1 aliphatic heterocycles. The van der Waals surface area contributed by atoms with Gasteiger partial charge in [-0.1, -0.05) is 0 Å². The molecular formula is C14H15NO5. The smallest absolute Gasteiger partial charge is 0.337 e. The minimum atomic E-state index is -0.412. The fraction of sp³-hybridized carbons (Fsp3) is 0.357. The third kappa shape index (κ3) is 3.14.